The average molecular weight is 356 g/mol. The Labute approximate surface area is 151 Å². The summed E-state index contributed by atoms with van der Waals surface area (Å²) in [6.45, 7) is 1.41. The zero-order valence-electron chi connectivity index (χ0n) is 14.6. The second kappa shape index (κ2) is 6.55. The van der Waals surface area contributed by atoms with Gasteiger partial charge in [0.2, 0.25) is 17.7 Å². The number of rotatable bonds is 3. The molecule has 1 N–H and O–H groups in total. The van der Waals surface area contributed by atoms with E-state index in [-0.39, 0.29) is 23.2 Å². The number of methoxy groups -OCH3 is 1. The van der Waals surface area contributed by atoms with Gasteiger partial charge in [0.1, 0.15) is 0 Å². The molecule has 1 atom stereocenters. The number of carbonyl (C=O) groups is 1. The normalized spacial score (nSPS) is 21.7. The predicted octanol–water partition coefficient (Wildman–Crippen LogP) is 2.27. The number of nitrogens with zero attached hydrogens (tertiary/aromatic N) is 3. The summed E-state index contributed by atoms with van der Waals surface area (Å²) in [6.07, 6.45) is 3.56. The average Bonchev–Trinajstić information content (AvgIpc) is 2.99. The Hall–Kier alpha value is -2.70. The predicted molar refractivity (Wildman–Crippen MR) is 94.7 cm³/mol. The lowest BCUT2D eigenvalue weighted by Gasteiger charge is -2.39. The van der Waals surface area contributed by atoms with Crippen molar-refractivity contribution in [1.29, 1.82) is 0 Å². The topological polar surface area (TPSA) is 67.3 Å². The van der Waals surface area contributed by atoms with Gasteiger partial charge < -0.3 is 15.0 Å². The molecule has 1 aromatic carbocycles. The summed E-state index contributed by atoms with van der Waals surface area (Å²) in [4.78, 5) is 22.7. The Bertz CT molecular complexity index is 806. The standard InChI is InChI=1S/C19H21FN4O2/c1-26-17-15(20)12-21-18(22-17)24-9-7-19(8-10-24)11-14(16(25)23-19)13-5-3-2-4-6-13/h2-6,12,14H,7-11H2,1H3,(H,23,25)/t14-/m0/s1. The number of halogens is 1. The first kappa shape index (κ1) is 16.8. The number of amides is 1. The van der Waals surface area contributed by atoms with Crippen LogP contribution in [0.15, 0.2) is 36.5 Å². The van der Waals surface area contributed by atoms with Crippen LogP contribution in [-0.4, -0.2) is 41.6 Å². The fourth-order valence-electron chi connectivity index (χ4n) is 3.94. The Balaban J connectivity index is 1.46. The molecule has 2 saturated heterocycles. The number of hydrogen-bond donors (Lipinski definition) is 1. The van der Waals surface area contributed by atoms with Crippen LogP contribution < -0.4 is 15.0 Å². The minimum absolute atomic E-state index is 0.0476. The van der Waals surface area contributed by atoms with Crippen LogP contribution in [0.1, 0.15) is 30.7 Å². The number of nitrogens with one attached hydrogen (secondary N) is 1. The van der Waals surface area contributed by atoms with Crippen LogP contribution in [0.2, 0.25) is 0 Å². The van der Waals surface area contributed by atoms with Gasteiger partial charge in [-0.2, -0.15) is 9.37 Å². The third kappa shape index (κ3) is 2.98. The molecule has 0 saturated carbocycles. The molecule has 3 heterocycles. The molecule has 2 aliphatic heterocycles. The molecular weight excluding hydrogens is 335 g/mol. The summed E-state index contributed by atoms with van der Waals surface area (Å²) in [7, 11) is 1.39. The molecule has 7 heteroatoms. The molecule has 0 aliphatic carbocycles. The van der Waals surface area contributed by atoms with Crippen LogP contribution in [0, 0.1) is 5.82 Å². The molecule has 1 amide bonds. The van der Waals surface area contributed by atoms with Crippen LogP contribution in [0.4, 0.5) is 10.3 Å². The second-order valence-electron chi connectivity index (χ2n) is 6.95. The summed E-state index contributed by atoms with van der Waals surface area (Å²) in [6, 6.07) is 9.92. The Morgan fingerprint density at radius 1 is 1.27 bits per heavy atom. The number of benzene rings is 1. The zero-order valence-corrected chi connectivity index (χ0v) is 14.6. The Morgan fingerprint density at radius 2 is 2.00 bits per heavy atom. The van der Waals surface area contributed by atoms with Crippen LogP contribution in [0.3, 0.4) is 0 Å². The second-order valence-corrected chi connectivity index (χ2v) is 6.95. The first-order chi connectivity index (χ1) is 12.6. The summed E-state index contributed by atoms with van der Waals surface area (Å²) in [5.41, 5.74) is 0.883. The van der Waals surface area contributed by atoms with E-state index in [1.54, 1.807) is 0 Å². The zero-order chi connectivity index (χ0) is 18.1. The van der Waals surface area contributed by atoms with Crippen molar-refractivity contribution in [2.75, 3.05) is 25.1 Å². The van der Waals surface area contributed by atoms with E-state index in [1.807, 2.05) is 35.2 Å². The molecule has 26 heavy (non-hydrogen) atoms. The molecule has 2 aliphatic rings. The molecule has 6 nitrogen and oxygen atoms in total. The molecule has 4 rings (SSSR count). The lowest BCUT2D eigenvalue weighted by molar-refractivity contribution is -0.121. The molecule has 1 spiro atoms. The number of carbonyl (C=O) groups excluding carboxylic acids is 1. The van der Waals surface area contributed by atoms with Crippen molar-refractivity contribution in [3.05, 3.63) is 47.9 Å². The van der Waals surface area contributed by atoms with Crippen molar-refractivity contribution in [3.8, 4) is 5.88 Å². The summed E-state index contributed by atoms with van der Waals surface area (Å²) >= 11 is 0. The summed E-state index contributed by atoms with van der Waals surface area (Å²) in [5.74, 6) is -0.150. The van der Waals surface area contributed by atoms with Crippen LogP contribution in [0.25, 0.3) is 0 Å². The highest BCUT2D eigenvalue weighted by molar-refractivity contribution is 5.87. The molecule has 2 aromatic rings. The van der Waals surface area contributed by atoms with Crippen molar-refractivity contribution >= 4 is 11.9 Å². The van der Waals surface area contributed by atoms with E-state index >= 15 is 0 Å². The summed E-state index contributed by atoms with van der Waals surface area (Å²) in [5, 5.41) is 3.23. The molecule has 1 aromatic heterocycles. The number of piperidine rings is 1. The van der Waals surface area contributed by atoms with Gasteiger partial charge in [-0.1, -0.05) is 30.3 Å². The largest absolute Gasteiger partial charge is 0.479 e. The highest BCUT2D eigenvalue weighted by Crippen LogP contribution is 2.39. The quantitative estimate of drug-likeness (QED) is 0.914. The van der Waals surface area contributed by atoms with E-state index in [1.165, 1.54) is 7.11 Å². The number of ether oxygens (including phenoxy) is 1. The highest BCUT2D eigenvalue weighted by atomic mass is 19.1. The minimum Gasteiger partial charge on any atom is -0.479 e. The maximum absolute atomic E-state index is 13.5. The van der Waals surface area contributed by atoms with Gasteiger partial charge in [-0.15, -0.1) is 0 Å². The number of anilines is 1. The van der Waals surface area contributed by atoms with E-state index in [2.05, 4.69) is 15.3 Å². The van der Waals surface area contributed by atoms with Crippen molar-refractivity contribution in [2.45, 2.75) is 30.7 Å². The van der Waals surface area contributed by atoms with Crippen LogP contribution >= 0.6 is 0 Å². The first-order valence-corrected chi connectivity index (χ1v) is 8.79. The van der Waals surface area contributed by atoms with E-state index in [0.29, 0.717) is 19.0 Å². The van der Waals surface area contributed by atoms with Gasteiger partial charge in [0.15, 0.2) is 0 Å². The van der Waals surface area contributed by atoms with Gasteiger partial charge in [0, 0.05) is 18.6 Å². The molecule has 0 radical (unpaired) electrons. The molecule has 0 bridgehead atoms. The fraction of sp³-hybridized carbons (Fsp3) is 0.421. The Kier molecular flexibility index (Phi) is 4.22. The van der Waals surface area contributed by atoms with Gasteiger partial charge >= 0.3 is 0 Å². The van der Waals surface area contributed by atoms with Gasteiger partial charge in [-0.25, -0.2) is 4.98 Å². The minimum atomic E-state index is -0.571. The third-order valence-corrected chi connectivity index (χ3v) is 5.40. The molecule has 2 fully saturated rings. The van der Waals surface area contributed by atoms with Gasteiger partial charge in [-0.3, -0.25) is 4.79 Å². The third-order valence-electron chi connectivity index (χ3n) is 5.40. The van der Waals surface area contributed by atoms with E-state index in [9.17, 15) is 9.18 Å². The summed E-state index contributed by atoms with van der Waals surface area (Å²) < 4.78 is 18.4. The van der Waals surface area contributed by atoms with Crippen LogP contribution in [0.5, 0.6) is 5.88 Å². The van der Waals surface area contributed by atoms with E-state index in [4.69, 9.17) is 4.74 Å². The van der Waals surface area contributed by atoms with Gasteiger partial charge in [-0.05, 0) is 24.8 Å². The molecular formula is C19H21FN4O2. The maximum atomic E-state index is 13.5. The van der Waals surface area contributed by atoms with Gasteiger partial charge in [0.25, 0.3) is 5.88 Å². The fourth-order valence-corrected chi connectivity index (χ4v) is 3.94. The molecule has 136 valence electrons. The van der Waals surface area contributed by atoms with Crippen molar-refractivity contribution < 1.29 is 13.9 Å². The van der Waals surface area contributed by atoms with Crippen molar-refractivity contribution in [3.63, 3.8) is 0 Å². The van der Waals surface area contributed by atoms with E-state index in [0.717, 1.165) is 31.0 Å². The number of hydrogen-bond acceptors (Lipinski definition) is 5. The smallest absolute Gasteiger partial charge is 0.255 e. The van der Waals surface area contributed by atoms with Crippen molar-refractivity contribution in [1.82, 2.24) is 15.3 Å². The van der Waals surface area contributed by atoms with Crippen molar-refractivity contribution in [2.24, 2.45) is 0 Å². The first-order valence-electron chi connectivity index (χ1n) is 8.79. The lowest BCUT2D eigenvalue weighted by Crippen LogP contribution is -2.51. The lowest BCUT2D eigenvalue weighted by atomic mass is 9.82. The molecule has 0 unspecified atom stereocenters. The SMILES string of the molecule is COc1nc(N2CCC3(CC2)C[C@@H](c2ccccc2)C(=O)N3)ncc1F. The van der Waals surface area contributed by atoms with E-state index < -0.39 is 5.82 Å². The van der Waals surface area contributed by atoms with Gasteiger partial charge in [0.05, 0.1) is 19.2 Å². The Morgan fingerprint density at radius 3 is 2.69 bits per heavy atom. The maximum Gasteiger partial charge on any atom is 0.255 e. The monoisotopic (exact) mass is 356 g/mol. The number of aromatic nitrogens is 2. The highest BCUT2D eigenvalue weighted by Gasteiger charge is 2.46. The van der Waals surface area contributed by atoms with Crippen LogP contribution in [-0.2, 0) is 4.79 Å².